The van der Waals surface area contributed by atoms with Crippen LogP contribution >= 0.6 is 0 Å². The zero-order valence-electron chi connectivity index (χ0n) is 16.1. The van der Waals surface area contributed by atoms with Crippen LogP contribution in [0.4, 0.5) is 0 Å². The summed E-state index contributed by atoms with van der Waals surface area (Å²) in [4.78, 5) is 26.9. The van der Waals surface area contributed by atoms with Crippen LogP contribution in [0.3, 0.4) is 0 Å². The SMILES string of the molecule is CN1[C@@H]2C[C@H](S(=O)(=O)c3ccccc3)[C@H]1C(C(=O)[O-])=C(c1ccccc1)C2=O.[Li+]. The first-order valence-electron chi connectivity index (χ1n) is 8.90. The standard InChI is InChI=1S/C21H19NO5S.Li/c1-22-15-12-16(28(26,27)14-10-6-3-7-11-14)19(22)18(21(24)25)17(20(15)23)13-8-4-2-5-9-13;/h2-11,15-16,19H,12H2,1H3,(H,24,25);/q;+1/p-1/t15-,16+,19+;/m1./s1. The maximum atomic E-state index is 13.3. The van der Waals surface area contributed by atoms with Crippen LogP contribution in [0.15, 0.2) is 71.1 Å². The quantitative estimate of drug-likeness (QED) is 0.533. The van der Waals surface area contributed by atoms with Gasteiger partial charge in [0.2, 0.25) is 0 Å². The van der Waals surface area contributed by atoms with Gasteiger partial charge in [-0.05, 0) is 31.2 Å². The van der Waals surface area contributed by atoms with Crippen molar-refractivity contribution in [2.45, 2.75) is 28.6 Å². The number of likely N-dealkylation sites (N-methyl/N-ethyl adjacent to an activating group) is 1. The number of carbonyl (C=O) groups excluding carboxylic acids is 2. The number of ketones is 1. The maximum absolute atomic E-state index is 13.3. The van der Waals surface area contributed by atoms with Crippen molar-refractivity contribution in [2.75, 3.05) is 7.05 Å². The van der Waals surface area contributed by atoms with E-state index in [0.717, 1.165) is 0 Å². The van der Waals surface area contributed by atoms with E-state index in [-0.39, 0.29) is 47.1 Å². The van der Waals surface area contributed by atoms with Crippen molar-refractivity contribution in [2.24, 2.45) is 0 Å². The monoisotopic (exact) mass is 403 g/mol. The van der Waals surface area contributed by atoms with E-state index in [0.29, 0.717) is 5.56 Å². The molecule has 144 valence electrons. The Labute approximate surface area is 181 Å². The Morgan fingerprint density at radius 1 is 1.03 bits per heavy atom. The summed E-state index contributed by atoms with van der Waals surface area (Å²) >= 11 is 0. The fourth-order valence-electron chi connectivity index (χ4n) is 4.31. The third-order valence-electron chi connectivity index (χ3n) is 5.60. The van der Waals surface area contributed by atoms with E-state index in [1.807, 2.05) is 0 Å². The predicted octanol–water partition coefficient (Wildman–Crippen LogP) is -2.31. The number of hydrogen-bond donors (Lipinski definition) is 0. The molecule has 2 aliphatic heterocycles. The van der Waals surface area contributed by atoms with E-state index < -0.39 is 33.1 Å². The first-order chi connectivity index (χ1) is 13.3. The van der Waals surface area contributed by atoms with E-state index in [1.165, 1.54) is 12.1 Å². The Hall–Kier alpha value is -2.17. The van der Waals surface area contributed by atoms with Gasteiger partial charge in [-0.15, -0.1) is 0 Å². The average Bonchev–Trinajstić information content (AvgIpc) is 2.96. The van der Waals surface area contributed by atoms with Crippen molar-refractivity contribution in [1.82, 2.24) is 4.90 Å². The number of nitrogens with zero attached hydrogens (tertiary/aromatic N) is 1. The minimum atomic E-state index is -3.84. The van der Waals surface area contributed by atoms with Crippen LogP contribution in [0.2, 0.25) is 0 Å². The second-order valence-electron chi connectivity index (χ2n) is 7.06. The largest absolute Gasteiger partial charge is 1.00 e. The molecule has 0 N–H and O–H groups in total. The molecule has 29 heavy (non-hydrogen) atoms. The summed E-state index contributed by atoms with van der Waals surface area (Å²) in [7, 11) is -2.24. The van der Waals surface area contributed by atoms with E-state index >= 15 is 0 Å². The first-order valence-corrected chi connectivity index (χ1v) is 10.4. The second-order valence-corrected chi connectivity index (χ2v) is 9.23. The average molecular weight is 403 g/mol. The van der Waals surface area contributed by atoms with Crippen LogP contribution in [-0.2, 0) is 19.4 Å². The van der Waals surface area contributed by atoms with Crippen molar-refractivity contribution in [1.29, 1.82) is 0 Å². The number of Topliss-reactive ketones (excluding diaryl/α,β-unsaturated/α-hetero) is 1. The molecule has 0 amide bonds. The Kier molecular flexibility index (Phi) is 5.88. The molecule has 0 saturated carbocycles. The normalized spacial score (nSPS) is 24.3. The van der Waals surface area contributed by atoms with Gasteiger partial charge in [0, 0.05) is 11.1 Å². The van der Waals surface area contributed by atoms with Crippen molar-refractivity contribution < 1.29 is 42.0 Å². The van der Waals surface area contributed by atoms with Gasteiger partial charge in [0.25, 0.3) is 0 Å². The van der Waals surface area contributed by atoms with Gasteiger partial charge in [0.05, 0.1) is 28.2 Å². The van der Waals surface area contributed by atoms with E-state index in [9.17, 15) is 23.1 Å². The van der Waals surface area contributed by atoms with Gasteiger partial charge in [-0.1, -0.05) is 48.5 Å². The summed E-state index contributed by atoms with van der Waals surface area (Å²) in [5.41, 5.74) is 0.268. The third-order valence-corrected chi connectivity index (χ3v) is 7.78. The summed E-state index contributed by atoms with van der Waals surface area (Å²) in [5.74, 6) is -1.90. The zero-order chi connectivity index (χ0) is 20.1. The fourth-order valence-corrected chi connectivity index (χ4v) is 6.30. The molecule has 1 saturated heterocycles. The molecule has 2 heterocycles. The van der Waals surface area contributed by atoms with Gasteiger partial charge in [0.1, 0.15) is 0 Å². The molecule has 0 spiro atoms. The smallest absolute Gasteiger partial charge is 0.545 e. The summed E-state index contributed by atoms with van der Waals surface area (Å²) in [6, 6.07) is 14.8. The molecular formula is C21H18LiNO5S. The Morgan fingerprint density at radius 3 is 2.14 bits per heavy atom. The number of rotatable bonds is 4. The predicted molar refractivity (Wildman–Crippen MR) is 101 cm³/mol. The minimum Gasteiger partial charge on any atom is -0.545 e. The van der Waals surface area contributed by atoms with E-state index in [2.05, 4.69) is 0 Å². The number of aliphatic carboxylic acids is 1. The van der Waals surface area contributed by atoms with Gasteiger partial charge in [0.15, 0.2) is 15.6 Å². The summed E-state index contributed by atoms with van der Waals surface area (Å²) < 4.78 is 26.5. The number of carboxylic acids is 1. The van der Waals surface area contributed by atoms with Crippen molar-refractivity contribution in [3.63, 3.8) is 0 Å². The topological polar surface area (TPSA) is 94.6 Å². The van der Waals surface area contributed by atoms with Crippen molar-refractivity contribution in [3.05, 3.63) is 71.8 Å². The molecule has 2 aliphatic rings. The minimum absolute atomic E-state index is 0. The van der Waals surface area contributed by atoms with E-state index in [1.54, 1.807) is 60.5 Å². The molecule has 8 heteroatoms. The molecule has 2 aromatic carbocycles. The molecule has 4 rings (SSSR count). The second kappa shape index (κ2) is 7.92. The molecule has 6 nitrogen and oxygen atoms in total. The molecule has 0 radical (unpaired) electrons. The Bertz CT molecular complexity index is 1080. The van der Waals surface area contributed by atoms with E-state index in [4.69, 9.17) is 0 Å². The number of benzene rings is 2. The fraction of sp³-hybridized carbons (Fsp3) is 0.238. The number of carboxylic acid groups (broad SMARTS) is 1. The number of sulfone groups is 1. The maximum Gasteiger partial charge on any atom is 1.00 e. The molecule has 3 atom stereocenters. The van der Waals surface area contributed by atoms with Crippen LogP contribution in [0.5, 0.6) is 0 Å². The Morgan fingerprint density at radius 2 is 1.59 bits per heavy atom. The van der Waals surface area contributed by atoms with Crippen molar-refractivity contribution in [3.8, 4) is 0 Å². The molecule has 0 aromatic heterocycles. The van der Waals surface area contributed by atoms with Gasteiger partial charge in [-0.3, -0.25) is 9.69 Å². The third kappa shape index (κ3) is 3.38. The van der Waals surface area contributed by atoms with Crippen LogP contribution in [0.1, 0.15) is 12.0 Å². The van der Waals surface area contributed by atoms with Gasteiger partial charge >= 0.3 is 18.9 Å². The number of fused-ring (bicyclic) bond motifs is 2. The molecular weight excluding hydrogens is 385 g/mol. The Balaban J connectivity index is 0.00000240. The van der Waals surface area contributed by atoms with Crippen LogP contribution in [0, 0.1) is 0 Å². The van der Waals surface area contributed by atoms with Crippen molar-refractivity contribution >= 4 is 27.2 Å². The van der Waals surface area contributed by atoms with Gasteiger partial charge < -0.3 is 9.90 Å². The van der Waals surface area contributed by atoms with Crippen LogP contribution in [-0.4, -0.2) is 49.5 Å². The molecule has 0 aliphatic carbocycles. The number of carbonyl (C=O) groups is 2. The molecule has 2 bridgehead atoms. The first kappa shape index (κ1) is 21.5. The molecule has 0 unspecified atom stereocenters. The van der Waals surface area contributed by atoms with Crippen LogP contribution in [0.25, 0.3) is 5.57 Å². The summed E-state index contributed by atoms with van der Waals surface area (Å²) in [6.07, 6.45) is 0.0460. The molecule has 2 aromatic rings. The van der Waals surface area contributed by atoms with Gasteiger partial charge in [-0.25, -0.2) is 8.42 Å². The van der Waals surface area contributed by atoms with Gasteiger partial charge in [-0.2, -0.15) is 0 Å². The van der Waals surface area contributed by atoms with Crippen LogP contribution < -0.4 is 24.0 Å². The number of hydrogen-bond acceptors (Lipinski definition) is 6. The zero-order valence-corrected chi connectivity index (χ0v) is 16.9. The summed E-state index contributed by atoms with van der Waals surface area (Å²) in [5, 5.41) is 11.0. The summed E-state index contributed by atoms with van der Waals surface area (Å²) in [6.45, 7) is 0. The molecule has 1 fully saturated rings.